The Bertz CT molecular complexity index is 1040. The SMILES string of the molecule is CC(=O)/C=C/c1ccc2nc(SCC(C)C)c3nnc(C(F)(F)F)n3c2c1. The van der Waals surface area contributed by atoms with Gasteiger partial charge in [0.2, 0.25) is 5.82 Å². The molecule has 0 amide bonds. The van der Waals surface area contributed by atoms with Crippen molar-refractivity contribution in [3.05, 3.63) is 35.7 Å². The lowest BCUT2D eigenvalue weighted by Gasteiger charge is -2.11. The van der Waals surface area contributed by atoms with E-state index in [1.807, 2.05) is 13.8 Å². The summed E-state index contributed by atoms with van der Waals surface area (Å²) in [5, 5.41) is 7.53. The Morgan fingerprint density at radius 2 is 2.04 bits per heavy atom. The smallest absolute Gasteiger partial charge is 0.295 e. The van der Waals surface area contributed by atoms with E-state index < -0.39 is 12.0 Å². The number of hydrogen-bond donors (Lipinski definition) is 0. The summed E-state index contributed by atoms with van der Waals surface area (Å²) in [6, 6.07) is 4.88. The fraction of sp³-hybridized carbons (Fsp3) is 0.333. The lowest BCUT2D eigenvalue weighted by atomic mass is 10.1. The van der Waals surface area contributed by atoms with Gasteiger partial charge in [0.1, 0.15) is 5.03 Å². The molecule has 0 saturated heterocycles. The summed E-state index contributed by atoms with van der Waals surface area (Å²) >= 11 is 1.35. The maximum atomic E-state index is 13.5. The number of carbonyl (C=O) groups is 1. The molecule has 0 atom stereocenters. The predicted octanol–water partition coefficient (Wildman–Crippen LogP) is 4.65. The van der Waals surface area contributed by atoms with Gasteiger partial charge in [0.05, 0.1) is 11.0 Å². The van der Waals surface area contributed by atoms with E-state index in [9.17, 15) is 18.0 Å². The van der Waals surface area contributed by atoms with E-state index in [0.29, 0.717) is 27.8 Å². The van der Waals surface area contributed by atoms with E-state index in [-0.39, 0.29) is 16.9 Å². The topological polar surface area (TPSA) is 60.2 Å². The van der Waals surface area contributed by atoms with Crippen molar-refractivity contribution in [2.24, 2.45) is 5.92 Å². The summed E-state index contributed by atoms with van der Waals surface area (Å²) in [5.41, 5.74) is 1.30. The van der Waals surface area contributed by atoms with Crippen LogP contribution in [0.5, 0.6) is 0 Å². The van der Waals surface area contributed by atoms with Gasteiger partial charge in [-0.05, 0) is 36.6 Å². The Balaban J connectivity index is 2.28. The number of aromatic nitrogens is 4. The van der Waals surface area contributed by atoms with Crippen LogP contribution >= 0.6 is 11.8 Å². The normalized spacial score (nSPS) is 12.7. The molecule has 2 aromatic heterocycles. The summed E-state index contributed by atoms with van der Waals surface area (Å²) in [6.07, 6.45) is -1.75. The van der Waals surface area contributed by atoms with Crippen LogP contribution in [0.4, 0.5) is 13.2 Å². The number of nitrogens with zero attached hydrogens (tertiary/aromatic N) is 4. The van der Waals surface area contributed by atoms with Crippen molar-refractivity contribution in [1.29, 1.82) is 0 Å². The molecule has 0 unspecified atom stereocenters. The molecule has 142 valence electrons. The van der Waals surface area contributed by atoms with Crippen LogP contribution in [-0.4, -0.2) is 31.1 Å². The van der Waals surface area contributed by atoms with Crippen LogP contribution in [-0.2, 0) is 11.0 Å². The highest BCUT2D eigenvalue weighted by Gasteiger charge is 2.38. The van der Waals surface area contributed by atoms with Crippen molar-refractivity contribution < 1.29 is 18.0 Å². The second-order valence-corrected chi connectivity index (χ2v) is 7.50. The van der Waals surface area contributed by atoms with Crippen molar-refractivity contribution in [3.63, 3.8) is 0 Å². The summed E-state index contributed by atoms with van der Waals surface area (Å²) in [5.74, 6) is -0.207. The third-order valence-corrected chi connectivity index (χ3v) is 5.01. The molecular formula is C18H17F3N4OS. The van der Waals surface area contributed by atoms with E-state index in [1.165, 1.54) is 24.8 Å². The van der Waals surface area contributed by atoms with Gasteiger partial charge in [-0.3, -0.25) is 9.20 Å². The van der Waals surface area contributed by atoms with Gasteiger partial charge < -0.3 is 0 Å². The number of thioether (sulfide) groups is 1. The van der Waals surface area contributed by atoms with Gasteiger partial charge >= 0.3 is 6.18 Å². The van der Waals surface area contributed by atoms with Gasteiger partial charge in [-0.2, -0.15) is 13.2 Å². The fourth-order valence-corrected chi connectivity index (χ4v) is 3.38. The average Bonchev–Trinajstić information content (AvgIpc) is 3.03. The lowest BCUT2D eigenvalue weighted by Crippen LogP contribution is -2.12. The number of rotatable bonds is 5. The van der Waals surface area contributed by atoms with Crippen molar-refractivity contribution in [3.8, 4) is 0 Å². The van der Waals surface area contributed by atoms with E-state index in [0.717, 1.165) is 4.40 Å². The van der Waals surface area contributed by atoms with E-state index in [4.69, 9.17) is 0 Å². The summed E-state index contributed by atoms with van der Waals surface area (Å²) in [4.78, 5) is 15.6. The molecular weight excluding hydrogens is 377 g/mol. The number of allylic oxidation sites excluding steroid dienone is 1. The number of alkyl halides is 3. The molecule has 0 spiro atoms. The molecule has 3 rings (SSSR count). The Kier molecular flexibility index (Phi) is 5.23. The van der Waals surface area contributed by atoms with Gasteiger partial charge in [0, 0.05) is 5.75 Å². The molecule has 0 saturated carbocycles. The van der Waals surface area contributed by atoms with E-state index in [2.05, 4.69) is 15.2 Å². The monoisotopic (exact) mass is 394 g/mol. The van der Waals surface area contributed by atoms with E-state index >= 15 is 0 Å². The summed E-state index contributed by atoms with van der Waals surface area (Å²) in [7, 11) is 0. The zero-order valence-electron chi connectivity index (χ0n) is 14.9. The zero-order valence-corrected chi connectivity index (χ0v) is 15.7. The third-order valence-electron chi connectivity index (χ3n) is 3.63. The quantitative estimate of drug-likeness (QED) is 0.466. The highest BCUT2D eigenvalue weighted by Crippen LogP contribution is 2.33. The zero-order chi connectivity index (χ0) is 19.8. The van der Waals surface area contributed by atoms with Gasteiger partial charge in [0.25, 0.3) is 0 Å². The van der Waals surface area contributed by atoms with Gasteiger partial charge in [0.15, 0.2) is 11.4 Å². The maximum Gasteiger partial charge on any atom is 0.452 e. The van der Waals surface area contributed by atoms with Crippen LogP contribution in [0.25, 0.3) is 22.8 Å². The average molecular weight is 394 g/mol. The summed E-state index contributed by atoms with van der Waals surface area (Å²) in [6.45, 7) is 5.44. The number of fused-ring (bicyclic) bond motifs is 3. The largest absolute Gasteiger partial charge is 0.452 e. The molecule has 0 aliphatic rings. The first-order chi connectivity index (χ1) is 12.7. The predicted molar refractivity (Wildman–Crippen MR) is 98.6 cm³/mol. The Morgan fingerprint density at radius 1 is 1.30 bits per heavy atom. The van der Waals surface area contributed by atoms with Crippen molar-refractivity contribution in [2.45, 2.75) is 32.0 Å². The Labute approximate surface area is 157 Å². The minimum atomic E-state index is -4.65. The molecule has 2 heterocycles. The number of ketones is 1. The van der Waals surface area contributed by atoms with Crippen molar-refractivity contribution in [1.82, 2.24) is 19.6 Å². The molecule has 0 aliphatic heterocycles. The minimum absolute atomic E-state index is 0.0770. The van der Waals surface area contributed by atoms with Gasteiger partial charge in [-0.1, -0.05) is 26.0 Å². The first kappa shape index (κ1) is 19.3. The number of halogens is 3. The second kappa shape index (κ2) is 7.30. The second-order valence-electron chi connectivity index (χ2n) is 6.49. The minimum Gasteiger partial charge on any atom is -0.295 e. The molecule has 3 aromatic rings. The van der Waals surface area contributed by atoms with Gasteiger partial charge in [-0.15, -0.1) is 22.0 Å². The van der Waals surface area contributed by atoms with E-state index in [1.54, 1.807) is 24.3 Å². The lowest BCUT2D eigenvalue weighted by molar-refractivity contribution is -0.145. The van der Waals surface area contributed by atoms with Crippen LogP contribution in [0.2, 0.25) is 0 Å². The molecule has 0 aliphatic carbocycles. The molecule has 0 radical (unpaired) electrons. The maximum absolute atomic E-state index is 13.5. The van der Waals surface area contributed by atoms with Crippen molar-refractivity contribution >= 4 is 40.3 Å². The molecule has 0 fully saturated rings. The van der Waals surface area contributed by atoms with Crippen LogP contribution in [0.1, 0.15) is 32.2 Å². The first-order valence-electron chi connectivity index (χ1n) is 8.24. The first-order valence-corrected chi connectivity index (χ1v) is 9.23. The van der Waals surface area contributed by atoms with Crippen LogP contribution < -0.4 is 0 Å². The number of benzene rings is 1. The number of carbonyl (C=O) groups excluding carboxylic acids is 1. The van der Waals surface area contributed by atoms with Crippen LogP contribution in [0.3, 0.4) is 0 Å². The highest BCUT2D eigenvalue weighted by atomic mass is 32.2. The third kappa shape index (κ3) is 4.13. The molecule has 0 N–H and O–H groups in total. The molecule has 0 bridgehead atoms. The van der Waals surface area contributed by atoms with Crippen molar-refractivity contribution in [2.75, 3.05) is 5.75 Å². The molecule has 1 aromatic carbocycles. The Morgan fingerprint density at radius 3 is 2.67 bits per heavy atom. The molecule has 9 heteroatoms. The number of hydrogen-bond acceptors (Lipinski definition) is 5. The summed E-state index contributed by atoms with van der Waals surface area (Å²) < 4.78 is 41.4. The fourth-order valence-electron chi connectivity index (χ4n) is 2.47. The molecule has 5 nitrogen and oxygen atoms in total. The standard InChI is InChI=1S/C18H17F3N4OS/c1-10(2)9-27-16-15-23-24-17(18(19,20)21)25(15)14-8-12(5-4-11(3)26)6-7-13(14)22-16/h4-8,10H,9H2,1-3H3/b5-4+. The Hall–Kier alpha value is -2.42. The highest BCUT2D eigenvalue weighted by molar-refractivity contribution is 7.99. The van der Waals surface area contributed by atoms with Crippen LogP contribution in [0.15, 0.2) is 29.3 Å². The van der Waals surface area contributed by atoms with Gasteiger partial charge in [-0.25, -0.2) is 4.98 Å². The van der Waals surface area contributed by atoms with Crippen LogP contribution in [0, 0.1) is 5.92 Å². The molecule has 27 heavy (non-hydrogen) atoms.